The van der Waals surface area contributed by atoms with Gasteiger partial charge in [0.1, 0.15) is 0 Å². The lowest BCUT2D eigenvalue weighted by Crippen LogP contribution is -1.81. The molecule has 1 nitrogen and oxygen atoms in total. The molecular weight excluding hydrogens is 182 g/mol. The summed E-state index contributed by atoms with van der Waals surface area (Å²) in [6, 6.07) is 14.1. The maximum atomic E-state index is 4.29. The van der Waals surface area contributed by atoms with E-state index in [9.17, 15) is 0 Å². The van der Waals surface area contributed by atoms with E-state index in [0.717, 1.165) is 16.8 Å². The van der Waals surface area contributed by atoms with Gasteiger partial charge in [0.25, 0.3) is 0 Å². The Morgan fingerprint density at radius 1 is 1.07 bits per heavy atom. The highest BCUT2D eigenvalue weighted by molar-refractivity contribution is 5.61. The fourth-order valence-electron chi connectivity index (χ4n) is 1.40. The highest BCUT2D eigenvalue weighted by Gasteiger charge is 1.96. The molecule has 0 aliphatic rings. The van der Waals surface area contributed by atoms with Crippen LogP contribution in [0, 0.1) is 0 Å². The molecule has 1 aromatic carbocycles. The average Bonchev–Trinajstić information content (AvgIpc) is 2.32. The SMILES string of the molecule is C=C=Cc1ccc(-c2ccccn2)cc1. The summed E-state index contributed by atoms with van der Waals surface area (Å²) in [4.78, 5) is 4.29. The number of pyridine rings is 1. The second-order valence-electron chi connectivity index (χ2n) is 3.19. The van der Waals surface area contributed by atoms with Gasteiger partial charge in [0.05, 0.1) is 5.69 Å². The Kier molecular flexibility index (Phi) is 2.77. The van der Waals surface area contributed by atoms with Crippen molar-refractivity contribution in [2.75, 3.05) is 0 Å². The molecule has 1 aromatic heterocycles. The first kappa shape index (κ1) is 9.45. The van der Waals surface area contributed by atoms with E-state index in [0.29, 0.717) is 0 Å². The summed E-state index contributed by atoms with van der Waals surface area (Å²) in [6.45, 7) is 3.54. The standard InChI is InChI=1S/C14H11N/c1-2-5-12-7-9-13(10-8-12)14-6-3-4-11-15-14/h3-11H,1H2. The third-order valence-corrected chi connectivity index (χ3v) is 2.14. The number of rotatable bonds is 2. The molecule has 1 heterocycles. The normalized spacial score (nSPS) is 9.33. The van der Waals surface area contributed by atoms with Crippen molar-refractivity contribution in [3.8, 4) is 11.3 Å². The van der Waals surface area contributed by atoms with Gasteiger partial charge >= 0.3 is 0 Å². The largest absolute Gasteiger partial charge is 0.256 e. The number of hydrogen-bond donors (Lipinski definition) is 0. The van der Waals surface area contributed by atoms with Crippen LogP contribution >= 0.6 is 0 Å². The van der Waals surface area contributed by atoms with Crippen LogP contribution in [0.25, 0.3) is 17.3 Å². The highest BCUT2D eigenvalue weighted by Crippen LogP contribution is 2.16. The first-order valence-corrected chi connectivity index (χ1v) is 4.77. The van der Waals surface area contributed by atoms with Crippen molar-refractivity contribution in [2.45, 2.75) is 0 Å². The van der Waals surface area contributed by atoms with E-state index in [1.165, 1.54) is 0 Å². The molecule has 1 heteroatoms. The third kappa shape index (κ3) is 2.22. The van der Waals surface area contributed by atoms with E-state index >= 15 is 0 Å². The predicted molar refractivity (Wildman–Crippen MR) is 63.3 cm³/mol. The van der Waals surface area contributed by atoms with Gasteiger partial charge in [-0.25, -0.2) is 0 Å². The number of aromatic nitrogens is 1. The molecule has 0 spiro atoms. The van der Waals surface area contributed by atoms with Gasteiger partial charge in [0, 0.05) is 11.8 Å². The van der Waals surface area contributed by atoms with Gasteiger partial charge in [-0.3, -0.25) is 4.98 Å². The number of hydrogen-bond acceptors (Lipinski definition) is 1. The molecule has 0 N–H and O–H groups in total. The van der Waals surface area contributed by atoms with E-state index < -0.39 is 0 Å². The maximum absolute atomic E-state index is 4.29. The van der Waals surface area contributed by atoms with Crippen LogP contribution in [0.15, 0.2) is 61.0 Å². The molecule has 0 aliphatic heterocycles. The van der Waals surface area contributed by atoms with Crippen LogP contribution in [0.5, 0.6) is 0 Å². The van der Waals surface area contributed by atoms with E-state index in [1.54, 1.807) is 6.20 Å². The lowest BCUT2D eigenvalue weighted by Gasteiger charge is -2.00. The summed E-state index contributed by atoms with van der Waals surface area (Å²) >= 11 is 0. The van der Waals surface area contributed by atoms with Gasteiger partial charge in [0.15, 0.2) is 0 Å². The van der Waals surface area contributed by atoms with Gasteiger partial charge in [-0.15, -0.1) is 5.73 Å². The molecule has 0 saturated heterocycles. The fourth-order valence-corrected chi connectivity index (χ4v) is 1.40. The zero-order valence-electron chi connectivity index (χ0n) is 8.35. The maximum Gasteiger partial charge on any atom is 0.0701 e. The number of nitrogens with zero attached hydrogens (tertiary/aromatic N) is 1. The van der Waals surface area contributed by atoms with Crippen molar-refractivity contribution in [2.24, 2.45) is 0 Å². The summed E-state index contributed by atoms with van der Waals surface area (Å²) in [5, 5.41) is 0. The van der Waals surface area contributed by atoms with Gasteiger partial charge in [-0.1, -0.05) is 36.9 Å². The number of benzene rings is 1. The lowest BCUT2D eigenvalue weighted by molar-refractivity contribution is 1.33. The highest BCUT2D eigenvalue weighted by atomic mass is 14.7. The quantitative estimate of drug-likeness (QED) is 0.665. The zero-order valence-corrected chi connectivity index (χ0v) is 8.35. The molecule has 0 radical (unpaired) electrons. The van der Waals surface area contributed by atoms with Crippen molar-refractivity contribution >= 4 is 6.08 Å². The molecule has 0 amide bonds. The van der Waals surface area contributed by atoms with Crippen molar-refractivity contribution in [3.63, 3.8) is 0 Å². The minimum Gasteiger partial charge on any atom is -0.256 e. The van der Waals surface area contributed by atoms with E-state index in [4.69, 9.17) is 0 Å². The molecule has 72 valence electrons. The summed E-state index contributed by atoms with van der Waals surface area (Å²) in [5.74, 6) is 0. The Labute approximate surface area is 89.4 Å². The first-order chi connectivity index (χ1) is 7.40. The van der Waals surface area contributed by atoms with Crippen LogP contribution in [0.1, 0.15) is 5.56 Å². The Morgan fingerprint density at radius 3 is 2.47 bits per heavy atom. The first-order valence-electron chi connectivity index (χ1n) is 4.77. The van der Waals surface area contributed by atoms with Crippen molar-refractivity contribution in [1.29, 1.82) is 0 Å². The van der Waals surface area contributed by atoms with E-state index in [1.807, 2.05) is 48.5 Å². The smallest absolute Gasteiger partial charge is 0.0701 e. The van der Waals surface area contributed by atoms with E-state index in [2.05, 4.69) is 17.3 Å². The molecule has 15 heavy (non-hydrogen) atoms. The van der Waals surface area contributed by atoms with Crippen LogP contribution < -0.4 is 0 Å². The topological polar surface area (TPSA) is 12.9 Å². The Bertz CT molecular complexity index is 477. The Balaban J connectivity index is 2.36. The van der Waals surface area contributed by atoms with Crippen molar-refractivity contribution in [1.82, 2.24) is 4.98 Å². The second kappa shape index (κ2) is 4.41. The van der Waals surface area contributed by atoms with E-state index in [-0.39, 0.29) is 0 Å². The van der Waals surface area contributed by atoms with Crippen molar-refractivity contribution < 1.29 is 0 Å². The van der Waals surface area contributed by atoms with Crippen LogP contribution in [-0.2, 0) is 0 Å². The monoisotopic (exact) mass is 193 g/mol. The molecule has 0 fully saturated rings. The molecule has 2 rings (SSSR count). The van der Waals surface area contributed by atoms with Gasteiger partial charge in [0.2, 0.25) is 0 Å². The Morgan fingerprint density at radius 2 is 1.87 bits per heavy atom. The third-order valence-electron chi connectivity index (χ3n) is 2.14. The molecule has 0 atom stereocenters. The second-order valence-corrected chi connectivity index (χ2v) is 3.19. The molecule has 0 bridgehead atoms. The van der Waals surface area contributed by atoms with Crippen LogP contribution in [-0.4, -0.2) is 4.98 Å². The fraction of sp³-hybridized carbons (Fsp3) is 0. The summed E-state index contributed by atoms with van der Waals surface area (Å²) in [5.41, 5.74) is 5.97. The molecule has 0 saturated carbocycles. The van der Waals surface area contributed by atoms with Gasteiger partial charge in [-0.05, 0) is 23.8 Å². The molecular formula is C14H11N. The predicted octanol–water partition coefficient (Wildman–Crippen LogP) is 3.55. The summed E-state index contributed by atoms with van der Waals surface area (Å²) in [7, 11) is 0. The summed E-state index contributed by atoms with van der Waals surface area (Å²) < 4.78 is 0. The van der Waals surface area contributed by atoms with Gasteiger partial charge in [-0.2, -0.15) is 0 Å². The minimum atomic E-state index is 0.992. The zero-order chi connectivity index (χ0) is 10.5. The molecule has 2 aromatic rings. The van der Waals surface area contributed by atoms with Crippen LogP contribution in [0.3, 0.4) is 0 Å². The Hall–Kier alpha value is -2.11. The van der Waals surface area contributed by atoms with Crippen molar-refractivity contribution in [3.05, 3.63) is 66.5 Å². The molecule has 0 aliphatic carbocycles. The molecule has 0 unspecified atom stereocenters. The average molecular weight is 193 g/mol. The lowest BCUT2D eigenvalue weighted by atomic mass is 10.1. The van der Waals surface area contributed by atoms with Gasteiger partial charge < -0.3 is 0 Å². The summed E-state index contributed by atoms with van der Waals surface area (Å²) in [6.07, 6.45) is 3.65. The van der Waals surface area contributed by atoms with Crippen LogP contribution in [0.2, 0.25) is 0 Å². The van der Waals surface area contributed by atoms with Crippen LogP contribution in [0.4, 0.5) is 0 Å². The minimum absolute atomic E-state index is 0.992.